The topological polar surface area (TPSA) is 119 Å². The molecule has 0 saturated carbocycles. The average Bonchev–Trinajstić information content (AvgIpc) is 3.40. The van der Waals surface area contributed by atoms with Crippen LogP contribution in [-0.4, -0.2) is 80.7 Å². The normalized spacial score (nSPS) is 14.6. The molecule has 0 aliphatic carbocycles. The predicted octanol–water partition coefficient (Wildman–Crippen LogP) is 3.73. The zero-order chi connectivity index (χ0) is 26.8. The Hall–Kier alpha value is -4.48. The Labute approximate surface area is 226 Å². The van der Waals surface area contributed by atoms with E-state index in [0.717, 1.165) is 66.3 Å². The number of fused-ring (bicyclic) bond motifs is 2. The van der Waals surface area contributed by atoms with E-state index < -0.39 is 0 Å². The zero-order valence-electron chi connectivity index (χ0n) is 22.0. The maximum atomic E-state index is 6.38. The summed E-state index contributed by atoms with van der Waals surface area (Å²) >= 11 is 0. The van der Waals surface area contributed by atoms with Crippen LogP contribution in [0, 0.1) is 6.92 Å². The molecule has 0 unspecified atom stereocenters. The van der Waals surface area contributed by atoms with Gasteiger partial charge in [-0.15, -0.1) is 0 Å². The van der Waals surface area contributed by atoms with Gasteiger partial charge in [0.15, 0.2) is 5.65 Å². The van der Waals surface area contributed by atoms with Crippen molar-refractivity contribution in [3.05, 3.63) is 66.9 Å². The van der Waals surface area contributed by atoms with Crippen LogP contribution in [0.5, 0.6) is 17.2 Å². The molecular formula is C28H31N9O2. The highest BCUT2D eigenvalue weighted by Crippen LogP contribution is 2.33. The number of nitrogens with two attached hydrogens (primary N) is 1. The molecule has 11 nitrogen and oxygen atoms in total. The second kappa shape index (κ2) is 10.7. The molecule has 1 saturated heterocycles. The molecule has 0 amide bonds. The average molecular weight is 526 g/mol. The number of ether oxygens (including phenoxy) is 2. The zero-order valence-corrected chi connectivity index (χ0v) is 22.0. The standard InChI is InChI=1S/C28H31N9O2/c1-19-13-20(3-4-25(19)39-21-5-6-37-27(14-21)31-18-33-37)34-28-22-15-23(29)26(16-24(22)30-17-32-28)38-12-11-36-9-7-35(2)8-10-36/h3-6,13-18H,7-12,29H2,1-2H3,(H,30,32,34). The highest BCUT2D eigenvalue weighted by Gasteiger charge is 2.15. The van der Waals surface area contributed by atoms with Gasteiger partial charge in [0, 0.05) is 62.1 Å². The molecule has 0 radical (unpaired) electrons. The number of hydrogen-bond acceptors (Lipinski definition) is 10. The van der Waals surface area contributed by atoms with E-state index in [9.17, 15) is 0 Å². The van der Waals surface area contributed by atoms with Gasteiger partial charge in [-0.05, 0) is 49.9 Å². The largest absolute Gasteiger partial charge is 0.490 e. The molecule has 0 atom stereocenters. The minimum absolute atomic E-state index is 0.559. The van der Waals surface area contributed by atoms with Crippen LogP contribution in [0.2, 0.25) is 0 Å². The van der Waals surface area contributed by atoms with E-state index in [1.165, 1.54) is 6.33 Å². The lowest BCUT2D eigenvalue weighted by Crippen LogP contribution is -2.45. The Kier molecular flexibility index (Phi) is 6.82. The Morgan fingerprint density at radius 3 is 2.67 bits per heavy atom. The Balaban J connectivity index is 1.14. The second-order valence-electron chi connectivity index (χ2n) is 9.76. The number of rotatable bonds is 8. The number of aryl methyl sites for hydroxylation is 1. The van der Waals surface area contributed by atoms with Gasteiger partial charge in [0.2, 0.25) is 0 Å². The van der Waals surface area contributed by atoms with Gasteiger partial charge in [0.1, 0.15) is 42.3 Å². The summed E-state index contributed by atoms with van der Waals surface area (Å²) in [4.78, 5) is 17.9. The summed E-state index contributed by atoms with van der Waals surface area (Å²) in [5.74, 6) is 2.75. The van der Waals surface area contributed by atoms with Gasteiger partial charge in [0.25, 0.3) is 0 Å². The first-order valence-electron chi connectivity index (χ1n) is 12.9. The van der Waals surface area contributed by atoms with Crippen LogP contribution >= 0.6 is 0 Å². The molecular weight excluding hydrogens is 494 g/mol. The molecule has 4 heterocycles. The summed E-state index contributed by atoms with van der Waals surface area (Å²) in [5, 5.41) is 8.33. The minimum atomic E-state index is 0.559. The SMILES string of the molecule is Cc1cc(Nc2ncnc3cc(OCCN4CCN(C)CC4)c(N)cc23)ccc1Oc1ccn2ncnc2c1. The summed E-state index contributed by atoms with van der Waals surface area (Å²) in [6, 6.07) is 13.3. The molecule has 3 aromatic heterocycles. The van der Waals surface area contributed by atoms with Crippen molar-refractivity contribution in [3.8, 4) is 17.2 Å². The molecule has 6 rings (SSSR count). The first kappa shape index (κ1) is 24.8. The highest BCUT2D eigenvalue weighted by molar-refractivity contribution is 5.94. The molecule has 0 spiro atoms. The van der Waals surface area contributed by atoms with Crippen molar-refractivity contribution in [1.82, 2.24) is 34.4 Å². The van der Waals surface area contributed by atoms with Gasteiger partial charge in [-0.1, -0.05) is 0 Å². The summed E-state index contributed by atoms with van der Waals surface area (Å²) < 4.78 is 13.8. The molecule has 2 aromatic carbocycles. The van der Waals surface area contributed by atoms with Crippen molar-refractivity contribution in [2.75, 3.05) is 57.4 Å². The fraction of sp³-hybridized carbons (Fsp3) is 0.286. The van der Waals surface area contributed by atoms with E-state index in [4.69, 9.17) is 15.2 Å². The van der Waals surface area contributed by atoms with E-state index in [-0.39, 0.29) is 0 Å². The molecule has 0 bridgehead atoms. The van der Waals surface area contributed by atoms with Crippen molar-refractivity contribution in [2.45, 2.75) is 6.92 Å². The van der Waals surface area contributed by atoms with Crippen molar-refractivity contribution < 1.29 is 9.47 Å². The van der Waals surface area contributed by atoms with Crippen LogP contribution in [0.4, 0.5) is 17.2 Å². The minimum Gasteiger partial charge on any atom is -0.490 e. The molecule has 39 heavy (non-hydrogen) atoms. The smallest absolute Gasteiger partial charge is 0.158 e. The summed E-state index contributed by atoms with van der Waals surface area (Å²) in [5.41, 5.74) is 10.3. The quantitative estimate of drug-likeness (QED) is 0.290. The number of hydrogen-bond donors (Lipinski definition) is 2. The van der Waals surface area contributed by atoms with Crippen molar-refractivity contribution in [1.29, 1.82) is 0 Å². The van der Waals surface area contributed by atoms with Crippen molar-refractivity contribution >= 4 is 33.7 Å². The van der Waals surface area contributed by atoms with E-state index in [1.807, 2.05) is 55.6 Å². The van der Waals surface area contributed by atoms with Gasteiger partial charge < -0.3 is 25.4 Å². The molecule has 5 aromatic rings. The first-order valence-corrected chi connectivity index (χ1v) is 12.9. The number of nitrogens with one attached hydrogen (secondary N) is 1. The van der Waals surface area contributed by atoms with E-state index in [1.54, 1.807) is 10.8 Å². The van der Waals surface area contributed by atoms with Gasteiger partial charge in [-0.25, -0.2) is 19.5 Å². The predicted molar refractivity (Wildman–Crippen MR) is 151 cm³/mol. The van der Waals surface area contributed by atoms with E-state index >= 15 is 0 Å². The molecule has 200 valence electrons. The lowest BCUT2D eigenvalue weighted by molar-refractivity contribution is 0.134. The lowest BCUT2D eigenvalue weighted by atomic mass is 10.1. The number of piperazine rings is 1. The molecule has 1 aliphatic rings. The monoisotopic (exact) mass is 525 g/mol. The summed E-state index contributed by atoms with van der Waals surface area (Å²) in [6.07, 6.45) is 4.87. The number of nitrogens with zero attached hydrogens (tertiary/aromatic N) is 7. The fourth-order valence-corrected chi connectivity index (χ4v) is 4.65. The first-order chi connectivity index (χ1) is 19.0. The number of likely N-dealkylation sites (N-methyl/N-ethyl adjacent to an activating group) is 1. The third-order valence-electron chi connectivity index (χ3n) is 6.95. The summed E-state index contributed by atoms with van der Waals surface area (Å²) in [6.45, 7) is 7.73. The van der Waals surface area contributed by atoms with Crippen molar-refractivity contribution in [3.63, 3.8) is 0 Å². The van der Waals surface area contributed by atoms with E-state index in [2.05, 4.69) is 42.2 Å². The molecule has 1 aliphatic heterocycles. The number of anilines is 3. The van der Waals surface area contributed by atoms with Gasteiger partial charge >= 0.3 is 0 Å². The second-order valence-corrected chi connectivity index (χ2v) is 9.76. The Morgan fingerprint density at radius 2 is 1.82 bits per heavy atom. The molecule has 3 N–H and O–H groups in total. The van der Waals surface area contributed by atoms with Crippen LogP contribution < -0.4 is 20.5 Å². The van der Waals surface area contributed by atoms with Crippen LogP contribution in [0.3, 0.4) is 0 Å². The van der Waals surface area contributed by atoms with Gasteiger partial charge in [0.05, 0.1) is 11.2 Å². The fourth-order valence-electron chi connectivity index (χ4n) is 4.65. The summed E-state index contributed by atoms with van der Waals surface area (Å²) in [7, 11) is 2.16. The maximum Gasteiger partial charge on any atom is 0.158 e. The van der Waals surface area contributed by atoms with E-state index in [0.29, 0.717) is 29.6 Å². The van der Waals surface area contributed by atoms with Crippen LogP contribution in [0.25, 0.3) is 16.6 Å². The third kappa shape index (κ3) is 5.54. The Bertz CT molecular complexity index is 1610. The molecule has 11 heteroatoms. The lowest BCUT2D eigenvalue weighted by Gasteiger charge is -2.32. The third-order valence-corrected chi connectivity index (χ3v) is 6.95. The van der Waals surface area contributed by atoms with Gasteiger partial charge in [-0.2, -0.15) is 5.10 Å². The maximum absolute atomic E-state index is 6.38. The highest BCUT2D eigenvalue weighted by atomic mass is 16.5. The molecule has 1 fully saturated rings. The number of benzene rings is 2. The Morgan fingerprint density at radius 1 is 0.949 bits per heavy atom. The van der Waals surface area contributed by atoms with Crippen LogP contribution in [0.1, 0.15) is 5.56 Å². The number of aromatic nitrogens is 5. The number of nitrogen functional groups attached to an aromatic ring is 1. The van der Waals surface area contributed by atoms with Crippen LogP contribution in [0.15, 0.2) is 61.3 Å². The number of pyridine rings is 1. The van der Waals surface area contributed by atoms with Crippen molar-refractivity contribution in [2.24, 2.45) is 0 Å². The van der Waals surface area contributed by atoms with Gasteiger partial charge in [-0.3, -0.25) is 4.90 Å². The van der Waals surface area contributed by atoms with Crippen LogP contribution in [-0.2, 0) is 0 Å².